The number of rotatable bonds is 1. The van der Waals surface area contributed by atoms with Gasteiger partial charge in [-0.2, -0.15) is 0 Å². The average molecular weight is 352 g/mol. The van der Waals surface area contributed by atoms with Gasteiger partial charge in [-0.1, -0.05) is 6.07 Å². The molecule has 6 heteroatoms. The molecule has 0 bridgehead atoms. The van der Waals surface area contributed by atoms with Crippen LogP contribution >= 0.6 is 0 Å². The minimum absolute atomic E-state index is 0.114. The van der Waals surface area contributed by atoms with Crippen LogP contribution in [0.25, 0.3) is 22.1 Å². The summed E-state index contributed by atoms with van der Waals surface area (Å²) >= 11 is 0. The molecule has 0 spiro atoms. The second-order valence-electron chi connectivity index (χ2n) is 6.19. The molecule has 0 fully saturated rings. The standard InChI is InChI=1S/C20H16O6/c1-11-17(12-2-4-14-16(10-12)24-7-6-22-14)18(21)13-3-5-15-20(19(13)26-11)25-9-8-23-15/h2-5,10H,6-9H2,1H3. The van der Waals surface area contributed by atoms with Crippen molar-refractivity contribution in [1.82, 2.24) is 0 Å². The smallest absolute Gasteiger partial charge is 0.205 e. The van der Waals surface area contributed by atoms with Crippen molar-refractivity contribution in [2.75, 3.05) is 26.4 Å². The summed E-state index contributed by atoms with van der Waals surface area (Å²) in [6, 6.07) is 8.94. The Kier molecular flexibility index (Phi) is 3.31. The van der Waals surface area contributed by atoms with E-state index in [0.717, 1.165) is 5.56 Å². The zero-order chi connectivity index (χ0) is 17.7. The molecule has 26 heavy (non-hydrogen) atoms. The highest BCUT2D eigenvalue weighted by atomic mass is 16.6. The van der Waals surface area contributed by atoms with E-state index in [1.807, 2.05) is 18.2 Å². The number of aryl methyl sites for hydroxylation is 1. The summed E-state index contributed by atoms with van der Waals surface area (Å²) < 4.78 is 28.4. The summed E-state index contributed by atoms with van der Waals surface area (Å²) in [5.41, 5.74) is 1.55. The van der Waals surface area contributed by atoms with E-state index in [-0.39, 0.29) is 5.43 Å². The Labute approximate surface area is 148 Å². The highest BCUT2D eigenvalue weighted by Gasteiger charge is 2.22. The third-order valence-corrected chi connectivity index (χ3v) is 4.57. The molecule has 0 amide bonds. The predicted octanol–water partition coefficient (Wildman–Crippen LogP) is 3.31. The number of ether oxygens (including phenoxy) is 4. The molecule has 132 valence electrons. The van der Waals surface area contributed by atoms with Gasteiger partial charge in [-0.15, -0.1) is 0 Å². The summed E-state index contributed by atoms with van der Waals surface area (Å²) in [6.07, 6.45) is 0. The van der Waals surface area contributed by atoms with Gasteiger partial charge in [0.2, 0.25) is 11.2 Å². The largest absolute Gasteiger partial charge is 0.486 e. The Hall–Kier alpha value is -3.15. The molecular formula is C20H16O6. The first-order valence-corrected chi connectivity index (χ1v) is 8.48. The molecule has 0 atom stereocenters. The lowest BCUT2D eigenvalue weighted by Gasteiger charge is -2.20. The van der Waals surface area contributed by atoms with Gasteiger partial charge in [0.15, 0.2) is 22.8 Å². The third kappa shape index (κ3) is 2.22. The zero-order valence-electron chi connectivity index (χ0n) is 14.2. The van der Waals surface area contributed by atoms with Gasteiger partial charge in [-0.3, -0.25) is 4.79 Å². The maximum atomic E-state index is 13.2. The molecule has 3 aromatic rings. The molecule has 1 aromatic heterocycles. The summed E-state index contributed by atoms with van der Waals surface area (Å²) in [5, 5.41) is 0.463. The van der Waals surface area contributed by atoms with E-state index < -0.39 is 0 Å². The molecule has 0 aliphatic carbocycles. The van der Waals surface area contributed by atoms with Gasteiger partial charge in [-0.25, -0.2) is 0 Å². The summed E-state index contributed by atoms with van der Waals surface area (Å²) in [6.45, 7) is 3.70. The van der Waals surface area contributed by atoms with Gasteiger partial charge in [0.25, 0.3) is 0 Å². The van der Waals surface area contributed by atoms with Crippen LogP contribution in [0.2, 0.25) is 0 Å². The van der Waals surface area contributed by atoms with Crippen molar-refractivity contribution in [2.24, 2.45) is 0 Å². The normalized spacial score (nSPS) is 15.1. The van der Waals surface area contributed by atoms with Crippen LogP contribution in [0.4, 0.5) is 0 Å². The lowest BCUT2D eigenvalue weighted by atomic mass is 10.0. The molecule has 0 saturated heterocycles. The van der Waals surface area contributed by atoms with Crippen LogP contribution in [0, 0.1) is 6.92 Å². The van der Waals surface area contributed by atoms with Crippen molar-refractivity contribution in [2.45, 2.75) is 6.92 Å². The highest BCUT2D eigenvalue weighted by Crippen LogP contribution is 2.39. The number of fused-ring (bicyclic) bond motifs is 4. The van der Waals surface area contributed by atoms with Crippen LogP contribution in [0.5, 0.6) is 23.0 Å². The van der Waals surface area contributed by atoms with Gasteiger partial charge in [0, 0.05) is 0 Å². The highest BCUT2D eigenvalue weighted by molar-refractivity contribution is 5.89. The predicted molar refractivity (Wildman–Crippen MR) is 94.6 cm³/mol. The number of hydrogen-bond acceptors (Lipinski definition) is 6. The SMILES string of the molecule is Cc1oc2c3c(ccc2c(=O)c1-c1ccc2c(c1)OCCO2)OCCO3. The molecule has 2 aromatic carbocycles. The second kappa shape index (κ2) is 5.69. The molecular weight excluding hydrogens is 336 g/mol. The average Bonchev–Trinajstić information content (AvgIpc) is 2.68. The Morgan fingerprint density at radius 1 is 0.808 bits per heavy atom. The summed E-state index contributed by atoms with van der Waals surface area (Å²) in [7, 11) is 0. The maximum Gasteiger partial charge on any atom is 0.205 e. The topological polar surface area (TPSA) is 67.1 Å². The molecule has 2 aliphatic heterocycles. The van der Waals surface area contributed by atoms with Crippen molar-refractivity contribution >= 4 is 11.0 Å². The van der Waals surface area contributed by atoms with Crippen LogP contribution in [-0.2, 0) is 0 Å². The molecule has 6 nitrogen and oxygen atoms in total. The van der Waals surface area contributed by atoms with E-state index in [2.05, 4.69) is 0 Å². The van der Waals surface area contributed by atoms with Crippen LogP contribution in [0.1, 0.15) is 5.76 Å². The lowest BCUT2D eigenvalue weighted by molar-refractivity contribution is 0.171. The van der Waals surface area contributed by atoms with E-state index in [1.165, 1.54) is 0 Å². The van der Waals surface area contributed by atoms with Crippen molar-refractivity contribution in [3.8, 4) is 34.1 Å². The molecule has 2 aliphatic rings. The van der Waals surface area contributed by atoms with Crippen molar-refractivity contribution in [1.29, 1.82) is 0 Å². The van der Waals surface area contributed by atoms with E-state index in [4.69, 9.17) is 23.4 Å². The molecule has 0 N–H and O–H groups in total. The molecule has 3 heterocycles. The third-order valence-electron chi connectivity index (χ3n) is 4.57. The van der Waals surface area contributed by atoms with Gasteiger partial charge >= 0.3 is 0 Å². The van der Waals surface area contributed by atoms with Crippen molar-refractivity contribution < 1.29 is 23.4 Å². The Bertz CT molecular complexity index is 1080. The maximum absolute atomic E-state index is 13.2. The van der Waals surface area contributed by atoms with Crippen LogP contribution in [0.3, 0.4) is 0 Å². The first-order valence-electron chi connectivity index (χ1n) is 8.48. The second-order valence-corrected chi connectivity index (χ2v) is 6.19. The fourth-order valence-electron chi connectivity index (χ4n) is 3.40. The first-order chi connectivity index (χ1) is 12.7. The number of hydrogen-bond donors (Lipinski definition) is 0. The summed E-state index contributed by atoms with van der Waals surface area (Å²) in [5.74, 6) is 2.92. The molecule has 0 unspecified atom stereocenters. The lowest BCUT2D eigenvalue weighted by Crippen LogP contribution is -2.17. The van der Waals surface area contributed by atoms with E-state index in [9.17, 15) is 4.79 Å². The van der Waals surface area contributed by atoms with Crippen molar-refractivity contribution in [3.63, 3.8) is 0 Å². The Morgan fingerprint density at radius 3 is 2.35 bits per heavy atom. The fraction of sp³-hybridized carbons (Fsp3) is 0.250. The van der Waals surface area contributed by atoms with Gasteiger partial charge < -0.3 is 23.4 Å². The molecule has 0 saturated carbocycles. The summed E-state index contributed by atoms with van der Waals surface area (Å²) in [4.78, 5) is 13.2. The van der Waals surface area contributed by atoms with Gasteiger partial charge in [0.05, 0.1) is 10.9 Å². The molecule has 5 rings (SSSR count). The van der Waals surface area contributed by atoms with E-state index in [1.54, 1.807) is 19.1 Å². The van der Waals surface area contributed by atoms with Gasteiger partial charge in [0.1, 0.15) is 32.2 Å². The minimum Gasteiger partial charge on any atom is -0.486 e. The van der Waals surface area contributed by atoms with E-state index in [0.29, 0.717) is 71.7 Å². The fourth-order valence-corrected chi connectivity index (χ4v) is 3.40. The van der Waals surface area contributed by atoms with Gasteiger partial charge in [-0.05, 0) is 36.8 Å². The minimum atomic E-state index is -0.114. The number of benzene rings is 2. The monoisotopic (exact) mass is 352 g/mol. The van der Waals surface area contributed by atoms with Crippen molar-refractivity contribution in [3.05, 3.63) is 46.3 Å². The van der Waals surface area contributed by atoms with E-state index >= 15 is 0 Å². The van der Waals surface area contributed by atoms with Crippen LogP contribution in [0.15, 0.2) is 39.5 Å². The zero-order valence-corrected chi connectivity index (χ0v) is 14.2. The first kappa shape index (κ1) is 15.1. The Morgan fingerprint density at radius 2 is 1.50 bits per heavy atom. The molecule has 0 radical (unpaired) electrons. The van der Waals surface area contributed by atoms with Crippen LogP contribution < -0.4 is 24.4 Å². The quantitative estimate of drug-likeness (QED) is 0.669. The van der Waals surface area contributed by atoms with Crippen LogP contribution in [-0.4, -0.2) is 26.4 Å². The Balaban J connectivity index is 1.73.